The highest BCUT2D eigenvalue weighted by Gasteiger charge is 2.41. The van der Waals surface area contributed by atoms with Crippen LogP contribution in [0.4, 0.5) is 0 Å². The fourth-order valence-corrected chi connectivity index (χ4v) is 5.61. The van der Waals surface area contributed by atoms with Crippen molar-refractivity contribution in [3.05, 3.63) is 0 Å². The molecule has 0 amide bonds. The van der Waals surface area contributed by atoms with Crippen molar-refractivity contribution < 1.29 is 8.42 Å². The van der Waals surface area contributed by atoms with Gasteiger partial charge in [0.25, 0.3) is 0 Å². The van der Waals surface area contributed by atoms with E-state index < -0.39 is 9.84 Å². The van der Waals surface area contributed by atoms with Crippen molar-refractivity contribution in [1.82, 2.24) is 0 Å². The summed E-state index contributed by atoms with van der Waals surface area (Å²) in [6, 6.07) is 0. The Balaban J connectivity index is 2.94. The smallest absolute Gasteiger partial charge is 0.156 e. The Kier molecular flexibility index (Phi) is 5.66. The molecule has 1 aliphatic rings. The van der Waals surface area contributed by atoms with E-state index in [4.69, 9.17) is 5.73 Å². The molecule has 1 rings (SSSR count). The molecule has 18 heavy (non-hydrogen) atoms. The molecule has 0 aliphatic heterocycles. The summed E-state index contributed by atoms with van der Waals surface area (Å²) in [4.78, 5) is 0. The number of hydrogen-bond donors (Lipinski definition) is 1. The Morgan fingerprint density at radius 2 is 1.83 bits per heavy atom. The average molecular weight is 275 g/mol. The second kappa shape index (κ2) is 6.38. The van der Waals surface area contributed by atoms with Crippen molar-refractivity contribution in [1.29, 1.82) is 0 Å². The van der Waals surface area contributed by atoms with E-state index in [0.29, 0.717) is 12.5 Å². The molecule has 0 aromatic carbocycles. The van der Waals surface area contributed by atoms with Crippen molar-refractivity contribution in [2.45, 2.75) is 63.9 Å². The second-order valence-electron chi connectivity index (χ2n) is 6.16. The Bertz CT molecular complexity index is 351. The van der Waals surface area contributed by atoms with Crippen LogP contribution in [-0.2, 0) is 9.84 Å². The second-order valence-corrected chi connectivity index (χ2v) is 8.69. The highest BCUT2D eigenvalue weighted by atomic mass is 32.2. The molecule has 1 aliphatic carbocycles. The largest absolute Gasteiger partial charge is 0.330 e. The Morgan fingerprint density at radius 1 is 1.22 bits per heavy atom. The third-order valence-electron chi connectivity index (χ3n) is 4.80. The maximum Gasteiger partial charge on any atom is 0.156 e. The lowest BCUT2D eigenvalue weighted by atomic mass is 9.80. The van der Waals surface area contributed by atoms with Crippen LogP contribution in [-0.4, -0.2) is 25.5 Å². The average Bonchev–Trinajstić information content (AvgIpc) is 2.36. The maximum absolute atomic E-state index is 12.7. The SMILES string of the molecule is CCC1CCC(CN)C(S(=O)(=O)C(C)C(C)C)C1. The van der Waals surface area contributed by atoms with Crippen LogP contribution in [0.1, 0.15) is 53.4 Å². The van der Waals surface area contributed by atoms with Gasteiger partial charge in [0, 0.05) is 0 Å². The van der Waals surface area contributed by atoms with Gasteiger partial charge < -0.3 is 5.73 Å². The number of nitrogens with two attached hydrogens (primary N) is 1. The van der Waals surface area contributed by atoms with Crippen LogP contribution < -0.4 is 5.73 Å². The van der Waals surface area contributed by atoms with Crippen molar-refractivity contribution in [2.75, 3.05) is 6.54 Å². The summed E-state index contributed by atoms with van der Waals surface area (Å²) >= 11 is 0. The summed E-state index contributed by atoms with van der Waals surface area (Å²) < 4.78 is 25.4. The van der Waals surface area contributed by atoms with Crippen LogP contribution in [0.25, 0.3) is 0 Å². The normalized spacial score (nSPS) is 31.6. The summed E-state index contributed by atoms with van der Waals surface area (Å²) in [5, 5.41) is -0.467. The summed E-state index contributed by atoms with van der Waals surface area (Å²) in [5.74, 6) is 0.904. The van der Waals surface area contributed by atoms with Gasteiger partial charge >= 0.3 is 0 Å². The zero-order valence-corrected chi connectivity index (χ0v) is 13.0. The van der Waals surface area contributed by atoms with E-state index >= 15 is 0 Å². The molecule has 0 aromatic heterocycles. The zero-order valence-electron chi connectivity index (χ0n) is 12.2. The zero-order chi connectivity index (χ0) is 13.9. The first kappa shape index (κ1) is 16.0. The van der Waals surface area contributed by atoms with Gasteiger partial charge in [-0.1, -0.05) is 33.6 Å². The first-order valence-electron chi connectivity index (χ1n) is 7.27. The predicted molar refractivity (Wildman–Crippen MR) is 77.2 cm³/mol. The Morgan fingerprint density at radius 3 is 2.28 bits per heavy atom. The maximum atomic E-state index is 12.7. The molecule has 3 nitrogen and oxygen atoms in total. The van der Waals surface area contributed by atoms with Crippen molar-refractivity contribution >= 4 is 9.84 Å². The molecular weight excluding hydrogens is 246 g/mol. The van der Waals surface area contributed by atoms with E-state index in [0.717, 1.165) is 25.7 Å². The molecule has 1 saturated carbocycles. The van der Waals surface area contributed by atoms with Crippen LogP contribution >= 0.6 is 0 Å². The van der Waals surface area contributed by atoms with E-state index in [2.05, 4.69) is 6.92 Å². The fraction of sp³-hybridized carbons (Fsp3) is 1.00. The molecule has 4 heteroatoms. The van der Waals surface area contributed by atoms with Gasteiger partial charge in [0.1, 0.15) is 0 Å². The van der Waals surface area contributed by atoms with Crippen molar-refractivity contribution in [2.24, 2.45) is 23.5 Å². The minimum absolute atomic E-state index is 0.166. The molecule has 0 heterocycles. The minimum atomic E-state index is -3.05. The molecule has 0 radical (unpaired) electrons. The Hall–Kier alpha value is -0.0900. The standard InChI is InChI=1S/C14H29NO2S/c1-5-12-6-7-13(9-15)14(8-12)18(16,17)11(4)10(2)3/h10-14H,5-9,15H2,1-4H3. The first-order valence-corrected chi connectivity index (χ1v) is 8.88. The lowest BCUT2D eigenvalue weighted by molar-refractivity contribution is 0.274. The molecule has 4 atom stereocenters. The van der Waals surface area contributed by atoms with E-state index in [1.54, 1.807) is 0 Å². The highest BCUT2D eigenvalue weighted by Crippen LogP contribution is 2.36. The van der Waals surface area contributed by atoms with Gasteiger partial charge in [0.15, 0.2) is 9.84 Å². The van der Waals surface area contributed by atoms with Gasteiger partial charge in [-0.05, 0) is 44.1 Å². The topological polar surface area (TPSA) is 60.2 Å². The lowest BCUT2D eigenvalue weighted by Gasteiger charge is -2.37. The van der Waals surface area contributed by atoms with Crippen LogP contribution in [0.2, 0.25) is 0 Å². The molecule has 0 saturated heterocycles. The van der Waals surface area contributed by atoms with E-state index in [1.807, 2.05) is 20.8 Å². The molecule has 2 N–H and O–H groups in total. The van der Waals surface area contributed by atoms with Gasteiger partial charge in [0.05, 0.1) is 10.5 Å². The van der Waals surface area contributed by atoms with Crippen LogP contribution in [0.15, 0.2) is 0 Å². The van der Waals surface area contributed by atoms with Gasteiger partial charge in [-0.3, -0.25) is 0 Å². The van der Waals surface area contributed by atoms with Crippen molar-refractivity contribution in [3.63, 3.8) is 0 Å². The monoisotopic (exact) mass is 275 g/mol. The summed E-state index contributed by atoms with van der Waals surface area (Å²) in [5.41, 5.74) is 5.79. The van der Waals surface area contributed by atoms with E-state index in [9.17, 15) is 8.42 Å². The van der Waals surface area contributed by atoms with Crippen LogP contribution in [0.5, 0.6) is 0 Å². The number of rotatable bonds is 5. The predicted octanol–water partition coefficient (Wildman–Crippen LogP) is 2.60. The number of hydrogen-bond acceptors (Lipinski definition) is 3. The van der Waals surface area contributed by atoms with Gasteiger partial charge in [-0.15, -0.1) is 0 Å². The lowest BCUT2D eigenvalue weighted by Crippen LogP contribution is -2.44. The molecule has 1 fully saturated rings. The molecular formula is C14H29NO2S. The molecule has 4 unspecified atom stereocenters. The number of sulfone groups is 1. The summed E-state index contributed by atoms with van der Waals surface area (Å²) in [7, 11) is -3.05. The summed E-state index contributed by atoms with van der Waals surface area (Å²) in [6.07, 6.45) is 4.02. The Labute approximate surface area is 112 Å². The highest BCUT2D eigenvalue weighted by molar-refractivity contribution is 7.92. The minimum Gasteiger partial charge on any atom is -0.330 e. The van der Waals surface area contributed by atoms with Gasteiger partial charge in [-0.25, -0.2) is 8.42 Å². The quantitative estimate of drug-likeness (QED) is 0.839. The fourth-order valence-electron chi connectivity index (χ4n) is 2.97. The summed E-state index contributed by atoms with van der Waals surface area (Å²) in [6.45, 7) is 8.48. The van der Waals surface area contributed by atoms with Gasteiger partial charge in [0.2, 0.25) is 0 Å². The first-order chi connectivity index (χ1) is 8.34. The van der Waals surface area contributed by atoms with Crippen LogP contribution in [0, 0.1) is 17.8 Å². The molecule has 0 aromatic rings. The van der Waals surface area contributed by atoms with E-state index in [1.165, 1.54) is 0 Å². The third kappa shape index (κ3) is 3.27. The van der Waals surface area contributed by atoms with Gasteiger partial charge in [-0.2, -0.15) is 0 Å². The molecule has 0 bridgehead atoms. The molecule has 108 valence electrons. The molecule has 0 spiro atoms. The van der Waals surface area contributed by atoms with Crippen LogP contribution in [0.3, 0.4) is 0 Å². The van der Waals surface area contributed by atoms with E-state index in [-0.39, 0.29) is 22.3 Å². The van der Waals surface area contributed by atoms with Crippen molar-refractivity contribution in [3.8, 4) is 0 Å². The third-order valence-corrected chi connectivity index (χ3v) is 7.80.